The summed E-state index contributed by atoms with van der Waals surface area (Å²) in [7, 11) is 0. The van der Waals surface area contributed by atoms with E-state index in [0.29, 0.717) is 25.9 Å². The zero-order chi connectivity index (χ0) is 46.5. The molecule has 6 nitrogen and oxygen atoms in total. The van der Waals surface area contributed by atoms with Crippen LogP contribution in [-0.2, 0) is 14.3 Å². The smallest absolute Gasteiger partial charge is 0.305 e. The van der Waals surface area contributed by atoms with Crippen LogP contribution in [0.2, 0.25) is 0 Å². The van der Waals surface area contributed by atoms with Crippen LogP contribution in [0.3, 0.4) is 0 Å². The number of allylic oxidation sites excluding steroid dienone is 8. The van der Waals surface area contributed by atoms with Crippen LogP contribution >= 0.6 is 0 Å². The Morgan fingerprint density at radius 1 is 0.438 bits per heavy atom. The summed E-state index contributed by atoms with van der Waals surface area (Å²) in [5, 5.41) is 23.1. The fourth-order valence-corrected chi connectivity index (χ4v) is 8.29. The number of carbonyl (C=O) groups is 2. The normalized spacial score (nSPS) is 13.0. The summed E-state index contributed by atoms with van der Waals surface area (Å²) < 4.78 is 5.45. The molecule has 0 rings (SSSR count). The minimum Gasteiger partial charge on any atom is -0.466 e. The molecule has 374 valence electrons. The van der Waals surface area contributed by atoms with E-state index in [9.17, 15) is 19.8 Å². The Hall–Kier alpha value is -2.18. The highest BCUT2D eigenvalue weighted by Gasteiger charge is 2.20. The molecule has 64 heavy (non-hydrogen) atoms. The monoisotopic (exact) mass is 898 g/mol. The van der Waals surface area contributed by atoms with Gasteiger partial charge in [-0.05, 0) is 83.5 Å². The summed E-state index contributed by atoms with van der Waals surface area (Å²) in [4.78, 5) is 24.4. The molecule has 2 unspecified atom stereocenters. The fraction of sp³-hybridized carbons (Fsp3) is 0.828. The zero-order valence-corrected chi connectivity index (χ0v) is 42.5. The Balaban J connectivity index is 3.45. The van der Waals surface area contributed by atoms with Crippen LogP contribution < -0.4 is 5.32 Å². The molecule has 0 aromatic heterocycles. The lowest BCUT2D eigenvalue weighted by atomic mass is 10.0. The zero-order valence-electron chi connectivity index (χ0n) is 42.5. The predicted octanol–water partition coefficient (Wildman–Crippen LogP) is 17.0. The molecule has 1 amide bonds. The third-order valence-electron chi connectivity index (χ3n) is 12.6. The Morgan fingerprint density at radius 3 is 1.25 bits per heavy atom. The van der Waals surface area contributed by atoms with Crippen molar-refractivity contribution >= 4 is 11.9 Å². The van der Waals surface area contributed by atoms with E-state index in [2.05, 4.69) is 67.8 Å². The number of amides is 1. The van der Waals surface area contributed by atoms with Crippen LogP contribution in [-0.4, -0.2) is 47.4 Å². The fourth-order valence-electron chi connectivity index (χ4n) is 8.29. The van der Waals surface area contributed by atoms with Gasteiger partial charge in [0.05, 0.1) is 25.4 Å². The molecule has 0 aromatic carbocycles. The number of hydrogen-bond acceptors (Lipinski definition) is 5. The Kier molecular flexibility index (Phi) is 51.6. The van der Waals surface area contributed by atoms with Crippen molar-refractivity contribution in [1.82, 2.24) is 5.32 Å². The van der Waals surface area contributed by atoms with Gasteiger partial charge >= 0.3 is 5.97 Å². The molecule has 0 aromatic rings. The highest BCUT2D eigenvalue weighted by atomic mass is 16.5. The van der Waals surface area contributed by atoms with Gasteiger partial charge in [-0.2, -0.15) is 0 Å². The quantitative estimate of drug-likeness (QED) is 0.0321. The van der Waals surface area contributed by atoms with Gasteiger partial charge in [-0.15, -0.1) is 0 Å². The number of esters is 1. The predicted molar refractivity (Wildman–Crippen MR) is 278 cm³/mol. The molecule has 6 heteroatoms. The summed E-state index contributed by atoms with van der Waals surface area (Å²) in [6.07, 6.45) is 66.7. The van der Waals surface area contributed by atoms with Crippen LogP contribution in [0, 0.1) is 0 Å². The molecule has 0 fully saturated rings. The van der Waals surface area contributed by atoms with Crippen molar-refractivity contribution in [1.29, 1.82) is 0 Å². The van der Waals surface area contributed by atoms with Crippen molar-refractivity contribution in [2.24, 2.45) is 0 Å². The van der Waals surface area contributed by atoms with Gasteiger partial charge in [-0.25, -0.2) is 0 Å². The molecule has 0 radical (unpaired) electrons. The Bertz CT molecular complexity index is 1080. The van der Waals surface area contributed by atoms with E-state index < -0.39 is 12.1 Å². The molecule has 2 atom stereocenters. The second-order valence-electron chi connectivity index (χ2n) is 18.9. The topological polar surface area (TPSA) is 95.9 Å². The molecule has 0 aliphatic heterocycles. The van der Waals surface area contributed by atoms with Gasteiger partial charge in [-0.3, -0.25) is 9.59 Å². The van der Waals surface area contributed by atoms with Gasteiger partial charge in [-0.1, -0.05) is 236 Å². The van der Waals surface area contributed by atoms with Gasteiger partial charge in [0.25, 0.3) is 0 Å². The number of ether oxygens (including phenoxy) is 1. The van der Waals surface area contributed by atoms with Gasteiger partial charge in [0.2, 0.25) is 5.91 Å². The number of carbonyl (C=O) groups excluding carboxylic acids is 2. The van der Waals surface area contributed by atoms with Gasteiger partial charge in [0, 0.05) is 12.8 Å². The van der Waals surface area contributed by atoms with Crippen molar-refractivity contribution in [3.8, 4) is 0 Å². The Morgan fingerprint density at radius 2 is 0.812 bits per heavy atom. The molecular formula is C58H107NO5. The first-order valence-electron chi connectivity index (χ1n) is 27.9. The van der Waals surface area contributed by atoms with Crippen molar-refractivity contribution < 1.29 is 24.5 Å². The molecule has 0 saturated carbocycles. The molecule has 0 aliphatic rings. The number of aliphatic hydroxyl groups is 2. The SMILES string of the molecule is CCC/C=C\C/C=C\CCCCCCCC(=O)OCCCCCCCCCCC/C=C\C/C=C\CCCCCCCCCC(=O)NC(CO)C(O)CCCCCCCCCCCCC. The maximum Gasteiger partial charge on any atom is 0.305 e. The third kappa shape index (κ3) is 49.3. The van der Waals surface area contributed by atoms with Gasteiger partial charge in [0.15, 0.2) is 0 Å². The lowest BCUT2D eigenvalue weighted by molar-refractivity contribution is -0.143. The van der Waals surface area contributed by atoms with Crippen molar-refractivity contribution in [3.05, 3.63) is 48.6 Å². The summed E-state index contributed by atoms with van der Waals surface area (Å²) >= 11 is 0. The van der Waals surface area contributed by atoms with E-state index in [4.69, 9.17) is 4.74 Å². The van der Waals surface area contributed by atoms with Gasteiger partial charge < -0.3 is 20.3 Å². The van der Waals surface area contributed by atoms with E-state index in [1.54, 1.807) is 0 Å². The number of aliphatic hydroxyl groups excluding tert-OH is 2. The highest BCUT2D eigenvalue weighted by Crippen LogP contribution is 2.16. The number of nitrogens with one attached hydrogen (secondary N) is 1. The van der Waals surface area contributed by atoms with Crippen molar-refractivity contribution in [2.45, 2.75) is 296 Å². The molecule has 3 N–H and O–H groups in total. The summed E-state index contributed by atoms with van der Waals surface area (Å²) in [6, 6.07) is -0.548. The average molecular weight is 898 g/mol. The first-order valence-corrected chi connectivity index (χ1v) is 27.9. The minimum atomic E-state index is -0.670. The van der Waals surface area contributed by atoms with Crippen LogP contribution in [0.5, 0.6) is 0 Å². The number of unbranched alkanes of at least 4 members (excludes halogenated alkanes) is 32. The van der Waals surface area contributed by atoms with Crippen LogP contribution in [0.4, 0.5) is 0 Å². The van der Waals surface area contributed by atoms with Crippen LogP contribution in [0.1, 0.15) is 284 Å². The summed E-state index contributed by atoms with van der Waals surface area (Å²) in [5.74, 6) is -0.0565. The molecule has 0 heterocycles. The molecule has 0 spiro atoms. The first-order chi connectivity index (χ1) is 31.5. The van der Waals surface area contributed by atoms with Crippen LogP contribution in [0.25, 0.3) is 0 Å². The standard InChI is InChI=1S/C58H107NO5/c1-3-5-7-9-11-13-15-27-32-36-40-44-48-52-58(63)64-53-49-45-41-37-33-29-26-24-22-20-18-16-17-19-21-23-25-28-31-35-39-43-47-51-57(62)59-55(54-60)56(61)50-46-42-38-34-30-14-12-10-8-6-4-2/h7,9,13,15-16,18-19,21,55-56,60-61H,3-6,8,10-12,14,17,20,22-54H2,1-2H3,(H,59,62)/b9-7-,15-13-,18-16-,21-19-. The van der Waals surface area contributed by atoms with Gasteiger partial charge in [0.1, 0.15) is 0 Å². The average Bonchev–Trinajstić information content (AvgIpc) is 3.29. The second-order valence-corrected chi connectivity index (χ2v) is 18.9. The summed E-state index contributed by atoms with van der Waals surface area (Å²) in [6.45, 7) is 4.86. The third-order valence-corrected chi connectivity index (χ3v) is 12.6. The van der Waals surface area contributed by atoms with E-state index in [0.717, 1.165) is 70.6 Å². The van der Waals surface area contributed by atoms with E-state index in [-0.39, 0.29) is 18.5 Å². The molecule has 0 saturated heterocycles. The lowest BCUT2D eigenvalue weighted by Crippen LogP contribution is -2.45. The molecule has 0 aliphatic carbocycles. The van der Waals surface area contributed by atoms with E-state index >= 15 is 0 Å². The Labute approximate surface area is 397 Å². The maximum absolute atomic E-state index is 12.4. The van der Waals surface area contributed by atoms with Crippen molar-refractivity contribution in [3.63, 3.8) is 0 Å². The van der Waals surface area contributed by atoms with Crippen LogP contribution in [0.15, 0.2) is 48.6 Å². The number of hydrogen-bond donors (Lipinski definition) is 3. The largest absolute Gasteiger partial charge is 0.466 e. The molecular weight excluding hydrogens is 791 g/mol. The maximum atomic E-state index is 12.4. The lowest BCUT2D eigenvalue weighted by Gasteiger charge is -2.22. The highest BCUT2D eigenvalue weighted by molar-refractivity contribution is 5.76. The van der Waals surface area contributed by atoms with Crippen molar-refractivity contribution in [2.75, 3.05) is 13.2 Å². The minimum absolute atomic E-state index is 0.00907. The van der Waals surface area contributed by atoms with E-state index in [1.165, 1.54) is 180 Å². The molecule has 0 bridgehead atoms. The van der Waals surface area contributed by atoms with E-state index in [1.807, 2.05) is 0 Å². The first kappa shape index (κ1) is 61.8. The second kappa shape index (κ2) is 53.4. The number of rotatable bonds is 51. The summed E-state index contributed by atoms with van der Waals surface area (Å²) in [5.41, 5.74) is 0.